The highest BCUT2D eigenvalue weighted by Crippen LogP contribution is 2.13. The van der Waals surface area contributed by atoms with Crippen molar-refractivity contribution in [2.75, 3.05) is 6.54 Å². The first kappa shape index (κ1) is 6.09. The van der Waals surface area contributed by atoms with Crippen LogP contribution in [0.3, 0.4) is 0 Å². The molecule has 2 aliphatic rings. The summed E-state index contributed by atoms with van der Waals surface area (Å²) in [5, 5.41) is 2.16. The van der Waals surface area contributed by atoms with Crippen LogP contribution in [0.15, 0.2) is 16.9 Å². The maximum Gasteiger partial charge on any atom is 0.329 e. The molecule has 11 heavy (non-hydrogen) atoms. The number of nitrogens with zero attached hydrogens (tertiary/aromatic N) is 2. The number of carbonyl (C=O) groups excluding carboxylic acids is 2. The normalized spacial score (nSPS) is 21.5. The van der Waals surface area contributed by atoms with Gasteiger partial charge in [-0.1, -0.05) is 0 Å². The number of fused-ring (bicyclic) bond motifs is 1. The third-order valence-corrected chi connectivity index (χ3v) is 1.56. The van der Waals surface area contributed by atoms with E-state index in [-0.39, 0.29) is 11.9 Å². The minimum atomic E-state index is -0.369. The molecule has 0 atom stereocenters. The molecule has 0 aromatic heterocycles. The summed E-state index contributed by atoms with van der Waals surface area (Å²) < 4.78 is 0. The number of amides is 3. The first-order valence-electron chi connectivity index (χ1n) is 3.14. The van der Waals surface area contributed by atoms with Gasteiger partial charge < -0.3 is 0 Å². The highest BCUT2D eigenvalue weighted by Gasteiger charge is 2.33. The van der Waals surface area contributed by atoms with Crippen LogP contribution in [-0.4, -0.2) is 29.6 Å². The Kier molecular flexibility index (Phi) is 1.06. The molecule has 2 aliphatic heterocycles. The number of rotatable bonds is 0. The Labute approximate surface area is 62.4 Å². The molecule has 3 amide bonds. The van der Waals surface area contributed by atoms with Crippen molar-refractivity contribution in [3.05, 3.63) is 11.9 Å². The van der Waals surface area contributed by atoms with Crippen molar-refractivity contribution in [3.8, 4) is 0 Å². The molecule has 1 N–H and O–H groups in total. The van der Waals surface area contributed by atoms with E-state index in [9.17, 15) is 9.59 Å². The maximum atomic E-state index is 10.9. The van der Waals surface area contributed by atoms with E-state index in [1.54, 1.807) is 6.21 Å². The van der Waals surface area contributed by atoms with Gasteiger partial charge in [0.2, 0.25) is 0 Å². The molecule has 5 nitrogen and oxygen atoms in total. The summed E-state index contributed by atoms with van der Waals surface area (Å²) in [6.07, 6.45) is 2.95. The van der Waals surface area contributed by atoms with Crippen LogP contribution in [0.25, 0.3) is 0 Å². The van der Waals surface area contributed by atoms with Crippen LogP contribution in [0.2, 0.25) is 0 Å². The van der Waals surface area contributed by atoms with E-state index in [2.05, 4.69) is 10.3 Å². The van der Waals surface area contributed by atoms with Crippen molar-refractivity contribution in [1.82, 2.24) is 10.2 Å². The predicted octanol–water partition coefficient (Wildman–Crippen LogP) is -0.536. The van der Waals surface area contributed by atoms with E-state index in [1.165, 1.54) is 11.1 Å². The second-order valence-electron chi connectivity index (χ2n) is 2.22. The molecule has 56 valence electrons. The van der Waals surface area contributed by atoms with E-state index >= 15 is 0 Å². The number of hydrogen-bond acceptors (Lipinski definition) is 3. The van der Waals surface area contributed by atoms with Crippen LogP contribution in [0.1, 0.15) is 0 Å². The van der Waals surface area contributed by atoms with Crippen molar-refractivity contribution >= 4 is 18.2 Å². The van der Waals surface area contributed by atoms with Gasteiger partial charge in [0.15, 0.2) is 0 Å². The molecular weight excluding hydrogens is 146 g/mol. The Morgan fingerprint density at radius 1 is 1.55 bits per heavy atom. The lowest BCUT2D eigenvalue weighted by Crippen LogP contribution is -2.29. The summed E-state index contributed by atoms with van der Waals surface area (Å²) in [4.78, 5) is 26.9. The molecule has 0 bridgehead atoms. The summed E-state index contributed by atoms with van der Waals surface area (Å²) in [6, 6.07) is -0.368. The zero-order chi connectivity index (χ0) is 7.84. The van der Waals surface area contributed by atoms with E-state index in [0.29, 0.717) is 12.2 Å². The molecular formula is C6H5N3O2. The van der Waals surface area contributed by atoms with Crippen LogP contribution >= 0.6 is 0 Å². The number of carbonyl (C=O) groups is 2. The van der Waals surface area contributed by atoms with E-state index in [1.807, 2.05) is 0 Å². The largest absolute Gasteiger partial charge is 0.329 e. The smallest absolute Gasteiger partial charge is 0.282 e. The zero-order valence-electron chi connectivity index (χ0n) is 5.57. The fourth-order valence-corrected chi connectivity index (χ4v) is 1.02. The van der Waals surface area contributed by atoms with Crippen molar-refractivity contribution in [1.29, 1.82) is 0 Å². The first-order valence-corrected chi connectivity index (χ1v) is 3.14. The number of urea groups is 1. The Bertz CT molecular complexity index is 292. The highest BCUT2D eigenvalue weighted by molar-refractivity contribution is 6.12. The van der Waals surface area contributed by atoms with Gasteiger partial charge in [-0.15, -0.1) is 0 Å². The molecule has 1 fully saturated rings. The van der Waals surface area contributed by atoms with Gasteiger partial charge >= 0.3 is 6.03 Å². The molecule has 0 aromatic carbocycles. The van der Waals surface area contributed by atoms with Crippen LogP contribution in [-0.2, 0) is 4.79 Å². The molecule has 1 saturated heterocycles. The summed E-state index contributed by atoms with van der Waals surface area (Å²) in [7, 11) is 0. The molecule has 5 heteroatoms. The SMILES string of the molecule is O=C1NC(=O)N2CC=NC=C12. The van der Waals surface area contributed by atoms with E-state index in [0.717, 1.165) is 0 Å². The monoisotopic (exact) mass is 151 g/mol. The van der Waals surface area contributed by atoms with Crippen LogP contribution in [0.4, 0.5) is 4.79 Å². The van der Waals surface area contributed by atoms with Gasteiger partial charge in [0.25, 0.3) is 5.91 Å². The number of imide groups is 1. The van der Waals surface area contributed by atoms with Gasteiger partial charge in [0.05, 0.1) is 12.7 Å². The lowest BCUT2D eigenvalue weighted by molar-refractivity contribution is -0.116. The van der Waals surface area contributed by atoms with Gasteiger partial charge in [-0.05, 0) is 0 Å². The predicted molar refractivity (Wildman–Crippen MR) is 36.8 cm³/mol. The molecule has 0 aliphatic carbocycles. The second kappa shape index (κ2) is 1.91. The molecule has 0 aromatic rings. The van der Waals surface area contributed by atoms with Gasteiger partial charge in [-0.3, -0.25) is 20.0 Å². The Morgan fingerprint density at radius 3 is 3.09 bits per heavy atom. The lowest BCUT2D eigenvalue weighted by Gasteiger charge is -2.13. The summed E-state index contributed by atoms with van der Waals surface area (Å²) in [5.41, 5.74) is 0.331. The van der Waals surface area contributed by atoms with Crippen molar-refractivity contribution < 1.29 is 9.59 Å². The van der Waals surface area contributed by atoms with Crippen LogP contribution < -0.4 is 5.32 Å². The van der Waals surface area contributed by atoms with Gasteiger partial charge in [-0.2, -0.15) is 0 Å². The fourth-order valence-electron chi connectivity index (χ4n) is 1.02. The molecule has 0 unspecified atom stereocenters. The number of hydrogen-bond donors (Lipinski definition) is 1. The highest BCUT2D eigenvalue weighted by atomic mass is 16.2. The first-order chi connectivity index (χ1) is 5.29. The third-order valence-electron chi connectivity index (χ3n) is 1.56. The number of nitrogens with one attached hydrogen (secondary N) is 1. The quantitative estimate of drug-likeness (QED) is 0.473. The average Bonchev–Trinajstić information content (AvgIpc) is 2.30. The van der Waals surface area contributed by atoms with Gasteiger partial charge in [0.1, 0.15) is 5.70 Å². The molecule has 0 radical (unpaired) electrons. The summed E-state index contributed by atoms with van der Waals surface area (Å²) in [5.74, 6) is -0.369. The van der Waals surface area contributed by atoms with Gasteiger partial charge in [0, 0.05) is 6.21 Å². The van der Waals surface area contributed by atoms with Crippen molar-refractivity contribution in [2.24, 2.45) is 4.99 Å². The number of aliphatic imine (C=N–C) groups is 1. The van der Waals surface area contributed by atoms with Gasteiger partial charge in [-0.25, -0.2) is 4.79 Å². The molecule has 0 spiro atoms. The standard InChI is InChI=1S/C6H5N3O2/c10-5-4-3-7-1-2-9(4)6(11)8-5/h1,3H,2H2,(H,8,10,11). The average molecular weight is 151 g/mol. The van der Waals surface area contributed by atoms with Crippen molar-refractivity contribution in [2.45, 2.75) is 0 Å². The topological polar surface area (TPSA) is 61.8 Å². The minimum Gasteiger partial charge on any atom is -0.282 e. The second-order valence-corrected chi connectivity index (χ2v) is 2.22. The van der Waals surface area contributed by atoms with Crippen molar-refractivity contribution in [3.63, 3.8) is 0 Å². The lowest BCUT2D eigenvalue weighted by atomic mass is 10.4. The summed E-state index contributed by atoms with van der Waals surface area (Å²) >= 11 is 0. The van der Waals surface area contributed by atoms with E-state index < -0.39 is 0 Å². The maximum absolute atomic E-state index is 10.9. The summed E-state index contributed by atoms with van der Waals surface area (Å²) in [6.45, 7) is 0.378. The Morgan fingerprint density at radius 2 is 2.36 bits per heavy atom. The Hall–Kier alpha value is -1.65. The van der Waals surface area contributed by atoms with Crippen LogP contribution in [0, 0.1) is 0 Å². The van der Waals surface area contributed by atoms with Crippen LogP contribution in [0.5, 0.6) is 0 Å². The zero-order valence-corrected chi connectivity index (χ0v) is 5.57. The minimum absolute atomic E-state index is 0.331. The molecule has 2 heterocycles. The molecule has 2 rings (SSSR count). The Balaban J connectivity index is 2.42. The fraction of sp³-hybridized carbons (Fsp3) is 0.167. The van der Waals surface area contributed by atoms with E-state index in [4.69, 9.17) is 0 Å². The third kappa shape index (κ3) is 0.739. The molecule has 0 saturated carbocycles.